The number of methoxy groups -OCH3 is 1. The normalized spacial score (nSPS) is 19.4. The van der Waals surface area contributed by atoms with Gasteiger partial charge in [0.05, 0.1) is 26.4 Å². The van der Waals surface area contributed by atoms with Crippen LogP contribution in [-0.4, -0.2) is 41.5 Å². The summed E-state index contributed by atoms with van der Waals surface area (Å²) in [7, 11) is 1.64. The highest BCUT2D eigenvalue weighted by molar-refractivity contribution is 5.76. The number of carboxylic acids is 1. The predicted octanol–water partition coefficient (Wildman–Crippen LogP) is 4.87. The Kier molecular flexibility index (Phi) is 7.73. The average Bonchev–Trinajstić information content (AvgIpc) is 3.20. The van der Waals surface area contributed by atoms with E-state index >= 15 is 0 Å². The summed E-state index contributed by atoms with van der Waals surface area (Å²) in [5, 5.41) is 9.22. The van der Waals surface area contributed by atoms with E-state index in [9.17, 15) is 9.90 Å². The highest BCUT2D eigenvalue weighted by Gasteiger charge is 2.31. The Hall–Kier alpha value is -2.38. The van der Waals surface area contributed by atoms with Gasteiger partial charge in [-0.1, -0.05) is 19.4 Å². The quantitative estimate of drug-likeness (QED) is 0.574. The minimum Gasteiger partial charge on any atom is -0.497 e. The van der Waals surface area contributed by atoms with E-state index in [1.54, 1.807) is 21.0 Å². The molecule has 1 aliphatic rings. The van der Waals surface area contributed by atoms with Crippen molar-refractivity contribution in [1.29, 1.82) is 0 Å². The fraction of sp³-hybridized carbons (Fsp3) is 0.583. The largest absolute Gasteiger partial charge is 0.497 e. The minimum absolute atomic E-state index is 0.108. The number of aromatic nitrogens is 1. The lowest BCUT2D eigenvalue weighted by Crippen LogP contribution is -2.37. The molecule has 0 unspecified atom stereocenters. The number of benzene rings is 1. The third kappa shape index (κ3) is 6.08. The van der Waals surface area contributed by atoms with Gasteiger partial charge in [0.25, 0.3) is 0 Å². The summed E-state index contributed by atoms with van der Waals surface area (Å²) in [6, 6.07) is 7.65. The van der Waals surface area contributed by atoms with Crippen molar-refractivity contribution < 1.29 is 28.5 Å². The van der Waals surface area contributed by atoms with E-state index in [1.165, 1.54) is 0 Å². The minimum atomic E-state index is -1.17. The molecule has 1 saturated carbocycles. The number of carbonyl (C=O) groups is 1. The molecule has 0 bridgehead atoms. The molecule has 0 spiro atoms. The fourth-order valence-electron chi connectivity index (χ4n) is 3.78. The Balaban J connectivity index is 1.59. The molecule has 1 aromatic carbocycles. The monoisotopic (exact) mass is 431 g/mol. The molecule has 1 fully saturated rings. The van der Waals surface area contributed by atoms with Crippen molar-refractivity contribution in [2.45, 2.75) is 71.2 Å². The van der Waals surface area contributed by atoms with Crippen LogP contribution in [0.4, 0.5) is 0 Å². The van der Waals surface area contributed by atoms with Crippen LogP contribution in [0.1, 0.15) is 57.9 Å². The van der Waals surface area contributed by atoms with Crippen LogP contribution in [0, 0.1) is 5.92 Å². The topological polar surface area (TPSA) is 91.0 Å². The van der Waals surface area contributed by atoms with Gasteiger partial charge in [0, 0.05) is 12.0 Å². The zero-order valence-electron chi connectivity index (χ0n) is 18.8. The van der Waals surface area contributed by atoms with Crippen LogP contribution >= 0.6 is 0 Å². The van der Waals surface area contributed by atoms with Crippen molar-refractivity contribution >= 4 is 5.97 Å². The van der Waals surface area contributed by atoms with Crippen LogP contribution in [0.3, 0.4) is 0 Å². The number of nitrogens with zero attached hydrogens (tertiary/aromatic N) is 1. The number of aryl methyl sites for hydroxylation is 1. The molecular weight excluding hydrogens is 398 g/mol. The van der Waals surface area contributed by atoms with Gasteiger partial charge in [0.2, 0.25) is 5.89 Å². The fourth-order valence-corrected chi connectivity index (χ4v) is 3.78. The summed E-state index contributed by atoms with van der Waals surface area (Å²) in [6.45, 7) is 6.04. The predicted molar refractivity (Wildman–Crippen MR) is 116 cm³/mol. The van der Waals surface area contributed by atoms with E-state index in [-0.39, 0.29) is 6.10 Å². The van der Waals surface area contributed by atoms with Gasteiger partial charge in [-0.25, -0.2) is 9.78 Å². The molecule has 7 heteroatoms. The summed E-state index contributed by atoms with van der Waals surface area (Å²) < 4.78 is 23.1. The molecule has 3 rings (SSSR count). The Morgan fingerprint density at radius 2 is 2.13 bits per heavy atom. The highest BCUT2D eigenvalue weighted by atomic mass is 16.5. The molecule has 0 aliphatic heterocycles. The molecule has 0 saturated heterocycles. The van der Waals surface area contributed by atoms with Crippen molar-refractivity contribution in [3.63, 3.8) is 0 Å². The van der Waals surface area contributed by atoms with Crippen molar-refractivity contribution in [3.05, 3.63) is 35.7 Å². The third-order valence-corrected chi connectivity index (χ3v) is 5.80. The van der Waals surface area contributed by atoms with Gasteiger partial charge in [-0.05, 0) is 57.2 Å². The van der Waals surface area contributed by atoms with Crippen LogP contribution in [0.25, 0.3) is 11.5 Å². The highest BCUT2D eigenvalue weighted by Crippen LogP contribution is 2.30. The van der Waals surface area contributed by atoms with Gasteiger partial charge in [-0.15, -0.1) is 0 Å². The SMILES string of the molecule is CCc1oc(-c2cccc(OC)c2)nc1CO[C@H]1CCC[C@@H](COC(C)(C)C(=O)O)C1. The van der Waals surface area contributed by atoms with Gasteiger partial charge < -0.3 is 23.7 Å². The number of hydrogen-bond donors (Lipinski definition) is 1. The molecule has 1 heterocycles. The van der Waals surface area contributed by atoms with Crippen molar-refractivity contribution in [3.8, 4) is 17.2 Å². The van der Waals surface area contributed by atoms with Gasteiger partial charge in [-0.3, -0.25) is 0 Å². The van der Waals surface area contributed by atoms with E-state index in [1.807, 2.05) is 31.2 Å². The Bertz CT molecular complexity index is 875. The summed E-state index contributed by atoms with van der Waals surface area (Å²) in [4.78, 5) is 15.9. The van der Waals surface area contributed by atoms with Crippen LogP contribution in [0.15, 0.2) is 28.7 Å². The maximum Gasteiger partial charge on any atom is 0.335 e. The van der Waals surface area contributed by atoms with Crippen LogP contribution in [-0.2, 0) is 27.3 Å². The number of aliphatic carboxylic acids is 1. The summed E-state index contributed by atoms with van der Waals surface area (Å²) in [6.07, 6.45) is 4.76. The zero-order valence-corrected chi connectivity index (χ0v) is 18.8. The standard InChI is InChI=1S/C24H33NO6/c1-5-21-20(25-22(31-21)17-9-7-10-18(13-17)28-4)15-29-19-11-6-8-16(12-19)14-30-24(2,3)23(26)27/h7,9-10,13,16,19H,5-6,8,11-12,14-15H2,1-4H3,(H,26,27)/t16-,19+/m1/s1. The maximum atomic E-state index is 11.2. The second kappa shape index (κ2) is 10.3. The first-order chi connectivity index (χ1) is 14.8. The van der Waals surface area contributed by atoms with Crippen LogP contribution in [0.2, 0.25) is 0 Å². The van der Waals surface area contributed by atoms with Gasteiger partial charge >= 0.3 is 5.97 Å². The zero-order chi connectivity index (χ0) is 22.4. The molecule has 31 heavy (non-hydrogen) atoms. The third-order valence-electron chi connectivity index (χ3n) is 5.80. The second-order valence-corrected chi connectivity index (χ2v) is 8.57. The maximum absolute atomic E-state index is 11.2. The number of hydrogen-bond acceptors (Lipinski definition) is 6. The number of carboxylic acid groups (broad SMARTS) is 1. The molecule has 1 N–H and O–H groups in total. The van der Waals surface area contributed by atoms with E-state index in [0.29, 0.717) is 25.0 Å². The van der Waals surface area contributed by atoms with Gasteiger partial charge in [0.15, 0.2) is 5.60 Å². The Morgan fingerprint density at radius 3 is 2.84 bits per heavy atom. The lowest BCUT2D eigenvalue weighted by atomic mass is 9.87. The van der Waals surface area contributed by atoms with E-state index in [4.69, 9.17) is 18.6 Å². The molecule has 7 nitrogen and oxygen atoms in total. The van der Waals surface area contributed by atoms with E-state index in [2.05, 4.69) is 4.98 Å². The number of oxazole rings is 1. The summed E-state index contributed by atoms with van der Waals surface area (Å²) >= 11 is 0. The second-order valence-electron chi connectivity index (χ2n) is 8.57. The van der Waals surface area contributed by atoms with Crippen molar-refractivity contribution in [2.75, 3.05) is 13.7 Å². The molecule has 2 atom stereocenters. The van der Waals surface area contributed by atoms with Crippen LogP contribution in [0.5, 0.6) is 5.75 Å². The Morgan fingerprint density at radius 1 is 1.32 bits per heavy atom. The molecule has 0 radical (unpaired) electrons. The summed E-state index contributed by atoms with van der Waals surface area (Å²) in [5.74, 6) is 1.51. The lowest BCUT2D eigenvalue weighted by Gasteiger charge is -2.31. The van der Waals surface area contributed by atoms with E-state index in [0.717, 1.165) is 54.9 Å². The summed E-state index contributed by atoms with van der Waals surface area (Å²) in [5.41, 5.74) is 0.531. The van der Waals surface area contributed by atoms with E-state index < -0.39 is 11.6 Å². The molecule has 0 amide bonds. The van der Waals surface area contributed by atoms with Gasteiger partial charge in [-0.2, -0.15) is 0 Å². The molecular formula is C24H33NO6. The lowest BCUT2D eigenvalue weighted by molar-refractivity contribution is -0.163. The van der Waals surface area contributed by atoms with Crippen molar-refractivity contribution in [2.24, 2.45) is 5.92 Å². The first kappa shape index (κ1) is 23.3. The average molecular weight is 432 g/mol. The van der Waals surface area contributed by atoms with Crippen LogP contribution < -0.4 is 4.74 Å². The molecule has 1 aromatic heterocycles. The number of rotatable bonds is 10. The molecule has 2 aromatic rings. The first-order valence-electron chi connectivity index (χ1n) is 10.9. The Labute approximate surface area is 183 Å². The number of ether oxygens (including phenoxy) is 3. The van der Waals surface area contributed by atoms with Gasteiger partial charge in [0.1, 0.15) is 17.2 Å². The molecule has 170 valence electrons. The first-order valence-corrected chi connectivity index (χ1v) is 10.9. The van der Waals surface area contributed by atoms with Crippen molar-refractivity contribution in [1.82, 2.24) is 4.98 Å². The smallest absolute Gasteiger partial charge is 0.335 e. The molecule has 1 aliphatic carbocycles.